The molecule has 0 radical (unpaired) electrons. The zero-order valence-corrected chi connectivity index (χ0v) is 9.06. The van der Waals surface area contributed by atoms with Crippen molar-refractivity contribution in [2.45, 2.75) is 19.4 Å². The van der Waals surface area contributed by atoms with Gasteiger partial charge in [-0.25, -0.2) is 4.98 Å². The van der Waals surface area contributed by atoms with Gasteiger partial charge in [0.15, 0.2) is 0 Å². The summed E-state index contributed by atoms with van der Waals surface area (Å²) < 4.78 is 0. The van der Waals surface area contributed by atoms with E-state index in [0.29, 0.717) is 0 Å². The Morgan fingerprint density at radius 3 is 3.00 bits per heavy atom. The molecule has 2 rings (SSSR count). The van der Waals surface area contributed by atoms with Crippen LogP contribution in [0.25, 0.3) is 0 Å². The van der Waals surface area contributed by atoms with Crippen LogP contribution in [-0.2, 0) is 0 Å². The van der Waals surface area contributed by atoms with E-state index >= 15 is 0 Å². The molecule has 0 amide bonds. The maximum absolute atomic E-state index is 5.94. The Kier molecular flexibility index (Phi) is 3.02. The first-order chi connectivity index (χ1) is 7.29. The van der Waals surface area contributed by atoms with Gasteiger partial charge in [-0.05, 0) is 19.4 Å². The molecule has 0 saturated carbocycles. The van der Waals surface area contributed by atoms with Crippen molar-refractivity contribution in [3.8, 4) is 0 Å². The molecule has 0 aromatic carbocycles. The van der Waals surface area contributed by atoms with Crippen LogP contribution < -0.4 is 10.6 Å². The van der Waals surface area contributed by atoms with Crippen molar-refractivity contribution in [2.75, 3.05) is 18.0 Å². The van der Waals surface area contributed by atoms with E-state index in [1.54, 1.807) is 0 Å². The fourth-order valence-electron chi connectivity index (χ4n) is 1.86. The highest BCUT2D eigenvalue weighted by atomic mass is 15.2. The second-order valence-corrected chi connectivity index (χ2v) is 3.91. The van der Waals surface area contributed by atoms with Crippen molar-refractivity contribution < 1.29 is 0 Å². The molecule has 80 valence electrons. The SMILES string of the molecule is C[C@H](N)c1cccnc1N1CC=CCC1. The molecule has 1 aromatic heterocycles. The summed E-state index contributed by atoms with van der Waals surface area (Å²) in [5, 5.41) is 0. The normalized spacial score (nSPS) is 17.9. The number of anilines is 1. The first kappa shape index (κ1) is 10.2. The van der Waals surface area contributed by atoms with Crippen molar-refractivity contribution in [3.63, 3.8) is 0 Å². The van der Waals surface area contributed by atoms with Crippen LogP contribution in [0.3, 0.4) is 0 Å². The molecule has 3 nitrogen and oxygen atoms in total. The third-order valence-corrected chi connectivity index (χ3v) is 2.67. The van der Waals surface area contributed by atoms with Gasteiger partial charge in [0.2, 0.25) is 0 Å². The fraction of sp³-hybridized carbons (Fsp3) is 0.417. The van der Waals surface area contributed by atoms with Gasteiger partial charge < -0.3 is 10.6 Å². The Labute approximate surface area is 90.6 Å². The van der Waals surface area contributed by atoms with Crippen LogP contribution >= 0.6 is 0 Å². The van der Waals surface area contributed by atoms with E-state index in [-0.39, 0.29) is 6.04 Å². The summed E-state index contributed by atoms with van der Waals surface area (Å²) in [7, 11) is 0. The average Bonchev–Trinajstić information content (AvgIpc) is 2.30. The van der Waals surface area contributed by atoms with E-state index in [1.807, 2.05) is 19.2 Å². The Balaban J connectivity index is 2.30. The molecule has 3 heteroatoms. The molecular weight excluding hydrogens is 186 g/mol. The van der Waals surface area contributed by atoms with Gasteiger partial charge in [0.1, 0.15) is 5.82 Å². The van der Waals surface area contributed by atoms with Crippen molar-refractivity contribution in [1.82, 2.24) is 4.98 Å². The van der Waals surface area contributed by atoms with Gasteiger partial charge in [-0.3, -0.25) is 0 Å². The van der Waals surface area contributed by atoms with E-state index in [4.69, 9.17) is 5.73 Å². The molecule has 0 unspecified atom stereocenters. The lowest BCUT2D eigenvalue weighted by Crippen LogP contribution is -2.29. The number of hydrogen-bond acceptors (Lipinski definition) is 3. The summed E-state index contributed by atoms with van der Waals surface area (Å²) in [6.45, 7) is 3.98. The summed E-state index contributed by atoms with van der Waals surface area (Å²) in [6.07, 6.45) is 7.32. The van der Waals surface area contributed by atoms with E-state index < -0.39 is 0 Å². The summed E-state index contributed by atoms with van der Waals surface area (Å²) in [4.78, 5) is 6.71. The fourth-order valence-corrected chi connectivity index (χ4v) is 1.86. The number of hydrogen-bond donors (Lipinski definition) is 1. The van der Waals surface area contributed by atoms with Crippen LogP contribution in [0, 0.1) is 0 Å². The maximum Gasteiger partial charge on any atom is 0.133 e. The van der Waals surface area contributed by atoms with Crippen molar-refractivity contribution in [2.24, 2.45) is 5.73 Å². The highest BCUT2D eigenvalue weighted by molar-refractivity contribution is 5.49. The Hall–Kier alpha value is -1.35. The number of pyridine rings is 1. The predicted molar refractivity (Wildman–Crippen MR) is 62.8 cm³/mol. The summed E-state index contributed by atoms with van der Waals surface area (Å²) in [5.41, 5.74) is 7.07. The minimum atomic E-state index is 0.0413. The maximum atomic E-state index is 5.94. The van der Waals surface area contributed by atoms with Gasteiger partial charge in [-0.2, -0.15) is 0 Å². The molecular formula is C12H17N3. The first-order valence-corrected chi connectivity index (χ1v) is 5.39. The Morgan fingerprint density at radius 2 is 2.33 bits per heavy atom. The van der Waals surface area contributed by atoms with E-state index in [9.17, 15) is 0 Å². The highest BCUT2D eigenvalue weighted by Gasteiger charge is 2.14. The third kappa shape index (κ3) is 2.18. The van der Waals surface area contributed by atoms with Gasteiger partial charge in [0.05, 0.1) is 0 Å². The molecule has 0 bridgehead atoms. The Morgan fingerprint density at radius 1 is 1.47 bits per heavy atom. The number of aromatic nitrogens is 1. The van der Waals surface area contributed by atoms with E-state index in [0.717, 1.165) is 30.9 Å². The quantitative estimate of drug-likeness (QED) is 0.746. The number of rotatable bonds is 2. The molecule has 0 saturated heterocycles. The molecule has 1 aliphatic rings. The lowest BCUT2D eigenvalue weighted by molar-refractivity contribution is 0.760. The third-order valence-electron chi connectivity index (χ3n) is 2.67. The molecule has 0 spiro atoms. The van der Waals surface area contributed by atoms with Crippen molar-refractivity contribution >= 4 is 5.82 Å². The molecule has 1 aromatic rings. The molecule has 1 atom stereocenters. The van der Waals surface area contributed by atoms with Gasteiger partial charge in [0, 0.05) is 30.9 Å². The first-order valence-electron chi connectivity index (χ1n) is 5.39. The van der Waals surface area contributed by atoms with Crippen LogP contribution in [0.1, 0.15) is 24.9 Å². The second kappa shape index (κ2) is 4.45. The number of nitrogens with zero attached hydrogens (tertiary/aromatic N) is 2. The minimum absolute atomic E-state index is 0.0413. The molecule has 0 fully saturated rings. The topological polar surface area (TPSA) is 42.1 Å². The zero-order chi connectivity index (χ0) is 10.7. The van der Waals surface area contributed by atoms with Gasteiger partial charge in [0.25, 0.3) is 0 Å². The summed E-state index contributed by atoms with van der Waals surface area (Å²) >= 11 is 0. The smallest absolute Gasteiger partial charge is 0.133 e. The molecule has 15 heavy (non-hydrogen) atoms. The summed E-state index contributed by atoms with van der Waals surface area (Å²) in [6, 6.07) is 4.05. The van der Waals surface area contributed by atoms with Crippen LogP contribution in [0.15, 0.2) is 30.5 Å². The highest BCUT2D eigenvalue weighted by Crippen LogP contribution is 2.23. The molecule has 0 aliphatic carbocycles. The summed E-state index contributed by atoms with van der Waals surface area (Å²) in [5.74, 6) is 1.04. The lowest BCUT2D eigenvalue weighted by Gasteiger charge is -2.27. The zero-order valence-electron chi connectivity index (χ0n) is 9.06. The Bertz CT molecular complexity index is 358. The van der Waals surface area contributed by atoms with E-state index in [2.05, 4.69) is 28.1 Å². The van der Waals surface area contributed by atoms with Crippen LogP contribution in [0.2, 0.25) is 0 Å². The van der Waals surface area contributed by atoms with Gasteiger partial charge >= 0.3 is 0 Å². The van der Waals surface area contributed by atoms with Crippen molar-refractivity contribution in [3.05, 3.63) is 36.0 Å². The van der Waals surface area contributed by atoms with Gasteiger partial charge in [-0.15, -0.1) is 0 Å². The minimum Gasteiger partial charge on any atom is -0.352 e. The van der Waals surface area contributed by atoms with Gasteiger partial charge in [-0.1, -0.05) is 18.2 Å². The van der Waals surface area contributed by atoms with Crippen LogP contribution in [0.4, 0.5) is 5.82 Å². The molecule has 1 aliphatic heterocycles. The van der Waals surface area contributed by atoms with Crippen molar-refractivity contribution in [1.29, 1.82) is 0 Å². The second-order valence-electron chi connectivity index (χ2n) is 3.91. The molecule has 2 N–H and O–H groups in total. The largest absolute Gasteiger partial charge is 0.352 e. The molecule has 2 heterocycles. The lowest BCUT2D eigenvalue weighted by atomic mass is 10.1. The number of nitrogens with two attached hydrogens (primary N) is 1. The average molecular weight is 203 g/mol. The predicted octanol–water partition coefficient (Wildman–Crippen LogP) is 1.87. The van der Waals surface area contributed by atoms with Crippen LogP contribution in [-0.4, -0.2) is 18.1 Å². The van der Waals surface area contributed by atoms with Crippen LogP contribution in [0.5, 0.6) is 0 Å². The standard InChI is InChI=1S/C12H17N3/c1-10(13)11-6-5-7-14-12(11)15-8-3-2-4-9-15/h2-3,5-7,10H,4,8-9,13H2,1H3/t10-/m0/s1. The van der Waals surface area contributed by atoms with E-state index in [1.165, 1.54) is 0 Å². The monoisotopic (exact) mass is 203 g/mol.